The molecule has 0 saturated carbocycles. The van der Waals surface area contributed by atoms with E-state index in [9.17, 15) is 14.4 Å². The second-order valence-electron chi connectivity index (χ2n) is 5.79. The minimum Gasteiger partial charge on any atom is -0.482 e. The zero-order valence-corrected chi connectivity index (χ0v) is 13.6. The lowest BCUT2D eigenvalue weighted by molar-refractivity contribution is -0.118. The summed E-state index contributed by atoms with van der Waals surface area (Å²) in [4.78, 5) is 40.3. The molecule has 1 aromatic heterocycles. The summed E-state index contributed by atoms with van der Waals surface area (Å²) >= 11 is 0. The van der Waals surface area contributed by atoms with Gasteiger partial charge in [0.15, 0.2) is 6.61 Å². The summed E-state index contributed by atoms with van der Waals surface area (Å²) in [6, 6.07) is 11.9. The van der Waals surface area contributed by atoms with Crippen LogP contribution in [0.15, 0.2) is 53.6 Å². The maximum absolute atomic E-state index is 12.4. The third kappa shape index (κ3) is 3.00. The highest BCUT2D eigenvalue weighted by atomic mass is 16.5. The zero-order valence-electron chi connectivity index (χ0n) is 13.6. The largest absolute Gasteiger partial charge is 0.482 e. The monoisotopic (exact) mass is 350 g/mol. The van der Waals surface area contributed by atoms with Gasteiger partial charge in [-0.3, -0.25) is 19.0 Å². The molecule has 26 heavy (non-hydrogen) atoms. The predicted octanol–water partition coefficient (Wildman–Crippen LogP) is 1.37. The SMILES string of the molecule is O=C(Cn1cnc2ccccc2c1=O)Nc1ccc2c(c1)NC(=O)CO2. The maximum Gasteiger partial charge on any atom is 0.262 e. The maximum atomic E-state index is 12.4. The molecule has 130 valence electrons. The first kappa shape index (κ1) is 15.8. The van der Waals surface area contributed by atoms with Crippen LogP contribution in [0.5, 0.6) is 5.75 Å². The molecule has 0 aliphatic carbocycles. The van der Waals surface area contributed by atoms with Crippen LogP contribution >= 0.6 is 0 Å². The lowest BCUT2D eigenvalue weighted by atomic mass is 10.2. The predicted molar refractivity (Wildman–Crippen MR) is 95.2 cm³/mol. The van der Waals surface area contributed by atoms with Gasteiger partial charge in [-0.05, 0) is 30.3 Å². The Morgan fingerprint density at radius 2 is 2.08 bits per heavy atom. The van der Waals surface area contributed by atoms with Crippen molar-refractivity contribution in [2.24, 2.45) is 0 Å². The molecule has 1 aliphatic rings. The number of benzene rings is 2. The molecule has 0 saturated heterocycles. The number of nitrogens with one attached hydrogen (secondary N) is 2. The Morgan fingerprint density at radius 3 is 2.96 bits per heavy atom. The van der Waals surface area contributed by atoms with Gasteiger partial charge in [0.05, 0.1) is 22.9 Å². The number of hydrogen-bond donors (Lipinski definition) is 2. The van der Waals surface area contributed by atoms with E-state index in [4.69, 9.17) is 4.74 Å². The fourth-order valence-corrected chi connectivity index (χ4v) is 2.73. The van der Waals surface area contributed by atoms with Crippen molar-refractivity contribution in [2.75, 3.05) is 17.2 Å². The van der Waals surface area contributed by atoms with Crippen molar-refractivity contribution in [1.29, 1.82) is 0 Å². The van der Waals surface area contributed by atoms with Gasteiger partial charge in [0.25, 0.3) is 11.5 Å². The molecule has 4 rings (SSSR count). The van der Waals surface area contributed by atoms with Crippen molar-refractivity contribution in [2.45, 2.75) is 6.54 Å². The lowest BCUT2D eigenvalue weighted by Gasteiger charge is -2.18. The van der Waals surface area contributed by atoms with Gasteiger partial charge in [-0.25, -0.2) is 4.98 Å². The number of hydrogen-bond acceptors (Lipinski definition) is 5. The van der Waals surface area contributed by atoms with E-state index in [1.54, 1.807) is 42.5 Å². The number of aromatic nitrogens is 2. The molecule has 3 aromatic rings. The summed E-state index contributed by atoms with van der Waals surface area (Å²) < 4.78 is 6.52. The summed E-state index contributed by atoms with van der Waals surface area (Å²) in [6.07, 6.45) is 1.35. The van der Waals surface area contributed by atoms with Gasteiger partial charge in [0.1, 0.15) is 12.3 Å². The van der Waals surface area contributed by atoms with E-state index >= 15 is 0 Å². The number of fused-ring (bicyclic) bond motifs is 2. The Balaban J connectivity index is 1.53. The molecule has 2 amide bonds. The van der Waals surface area contributed by atoms with Crippen LogP contribution in [0.4, 0.5) is 11.4 Å². The standard InChI is InChI=1S/C18H14N4O4/c23-16(8-22-10-19-13-4-2-1-3-12(13)18(22)25)20-11-5-6-15-14(7-11)21-17(24)9-26-15/h1-7,10H,8-9H2,(H,20,23)(H,21,24). The number of ether oxygens (including phenoxy) is 1. The number of carbonyl (C=O) groups is 2. The third-order valence-electron chi connectivity index (χ3n) is 3.94. The number of para-hydroxylation sites is 1. The van der Waals surface area contributed by atoms with Gasteiger partial charge >= 0.3 is 0 Å². The van der Waals surface area contributed by atoms with Gasteiger partial charge in [0, 0.05) is 5.69 Å². The van der Waals surface area contributed by atoms with Gasteiger partial charge in [0.2, 0.25) is 5.91 Å². The smallest absolute Gasteiger partial charge is 0.262 e. The average molecular weight is 350 g/mol. The van der Waals surface area contributed by atoms with Crippen LogP contribution in [-0.2, 0) is 16.1 Å². The Bertz CT molecular complexity index is 1090. The molecular weight excluding hydrogens is 336 g/mol. The Morgan fingerprint density at radius 1 is 1.23 bits per heavy atom. The van der Waals surface area contributed by atoms with E-state index in [0.717, 1.165) is 0 Å². The van der Waals surface area contributed by atoms with Crippen LogP contribution in [-0.4, -0.2) is 28.0 Å². The van der Waals surface area contributed by atoms with E-state index in [-0.39, 0.29) is 30.5 Å². The molecule has 0 unspecified atom stereocenters. The van der Waals surface area contributed by atoms with Crippen LogP contribution < -0.4 is 20.9 Å². The first-order valence-corrected chi connectivity index (χ1v) is 7.91. The topological polar surface area (TPSA) is 102 Å². The minimum absolute atomic E-state index is 0.0312. The van der Waals surface area contributed by atoms with Crippen molar-refractivity contribution >= 4 is 34.1 Å². The molecule has 0 fully saturated rings. The molecule has 0 atom stereocenters. The number of amides is 2. The first-order valence-electron chi connectivity index (χ1n) is 7.91. The zero-order chi connectivity index (χ0) is 18.1. The van der Waals surface area contributed by atoms with Crippen LogP contribution in [0.25, 0.3) is 10.9 Å². The normalized spacial score (nSPS) is 12.8. The van der Waals surface area contributed by atoms with Crippen molar-refractivity contribution in [3.05, 3.63) is 59.1 Å². The van der Waals surface area contributed by atoms with Crippen LogP contribution in [0, 0.1) is 0 Å². The third-order valence-corrected chi connectivity index (χ3v) is 3.94. The Kier molecular flexibility index (Phi) is 3.85. The molecular formula is C18H14N4O4. The van der Waals surface area contributed by atoms with Crippen molar-refractivity contribution < 1.29 is 14.3 Å². The van der Waals surface area contributed by atoms with E-state index in [1.165, 1.54) is 10.9 Å². The van der Waals surface area contributed by atoms with Crippen LogP contribution in [0.2, 0.25) is 0 Å². The molecule has 0 bridgehead atoms. The number of nitrogens with zero attached hydrogens (tertiary/aromatic N) is 2. The number of anilines is 2. The molecule has 1 aliphatic heterocycles. The van der Waals surface area contributed by atoms with Crippen molar-refractivity contribution in [3.8, 4) is 5.75 Å². The summed E-state index contributed by atoms with van der Waals surface area (Å²) in [5, 5.41) is 5.82. The quantitative estimate of drug-likeness (QED) is 0.743. The number of rotatable bonds is 3. The summed E-state index contributed by atoms with van der Waals surface area (Å²) in [5.74, 6) is -0.0977. The second kappa shape index (κ2) is 6.32. The Hall–Kier alpha value is -3.68. The van der Waals surface area contributed by atoms with E-state index in [0.29, 0.717) is 28.0 Å². The molecule has 2 aromatic carbocycles. The lowest BCUT2D eigenvalue weighted by Crippen LogP contribution is -2.28. The first-order chi connectivity index (χ1) is 12.6. The second-order valence-corrected chi connectivity index (χ2v) is 5.79. The van der Waals surface area contributed by atoms with E-state index < -0.39 is 0 Å². The van der Waals surface area contributed by atoms with Gasteiger partial charge < -0.3 is 15.4 Å². The average Bonchev–Trinajstić information content (AvgIpc) is 2.64. The van der Waals surface area contributed by atoms with E-state index in [1.807, 2.05) is 0 Å². The fraction of sp³-hybridized carbons (Fsp3) is 0.111. The Labute approximate surface area is 147 Å². The molecule has 0 radical (unpaired) electrons. The molecule has 8 nitrogen and oxygen atoms in total. The summed E-state index contributed by atoms with van der Waals surface area (Å²) in [6.45, 7) is -0.201. The highest BCUT2D eigenvalue weighted by Crippen LogP contribution is 2.30. The summed E-state index contributed by atoms with van der Waals surface area (Å²) in [5.41, 5.74) is 1.28. The van der Waals surface area contributed by atoms with Gasteiger partial charge in [-0.1, -0.05) is 12.1 Å². The summed E-state index contributed by atoms with van der Waals surface area (Å²) in [7, 11) is 0. The van der Waals surface area contributed by atoms with Crippen LogP contribution in [0.1, 0.15) is 0 Å². The van der Waals surface area contributed by atoms with E-state index in [2.05, 4.69) is 15.6 Å². The van der Waals surface area contributed by atoms with Crippen molar-refractivity contribution in [1.82, 2.24) is 9.55 Å². The molecule has 8 heteroatoms. The minimum atomic E-state index is -0.382. The number of carbonyl (C=O) groups excluding carboxylic acids is 2. The van der Waals surface area contributed by atoms with Gasteiger partial charge in [-0.2, -0.15) is 0 Å². The highest BCUT2D eigenvalue weighted by Gasteiger charge is 2.16. The molecule has 0 spiro atoms. The highest BCUT2D eigenvalue weighted by molar-refractivity contribution is 5.97. The molecule has 2 N–H and O–H groups in total. The molecule has 2 heterocycles. The van der Waals surface area contributed by atoms with Crippen molar-refractivity contribution in [3.63, 3.8) is 0 Å². The van der Waals surface area contributed by atoms with Gasteiger partial charge in [-0.15, -0.1) is 0 Å². The van der Waals surface area contributed by atoms with Crippen LogP contribution in [0.3, 0.4) is 0 Å². The fourth-order valence-electron chi connectivity index (χ4n) is 2.73.